The van der Waals surface area contributed by atoms with Crippen LogP contribution in [0, 0.1) is 0 Å². The van der Waals surface area contributed by atoms with Crippen molar-refractivity contribution < 1.29 is 32.3 Å². The van der Waals surface area contributed by atoms with E-state index < -0.39 is 34.6 Å². The molecule has 144 valence electrons. The maximum atomic E-state index is 12.1. The van der Waals surface area contributed by atoms with Crippen molar-refractivity contribution in [2.24, 2.45) is 0 Å². The van der Waals surface area contributed by atoms with E-state index in [2.05, 4.69) is 9.46 Å². The highest BCUT2D eigenvalue weighted by Crippen LogP contribution is 2.12. The highest BCUT2D eigenvalue weighted by Gasteiger charge is 2.18. The van der Waals surface area contributed by atoms with E-state index in [1.54, 1.807) is 13.8 Å². The number of carbonyl (C=O) groups excluding carboxylic acids is 3. The average Bonchev–Trinajstić information content (AvgIpc) is 2.59. The molecule has 0 fully saturated rings. The second-order valence-electron chi connectivity index (χ2n) is 5.30. The van der Waals surface area contributed by atoms with E-state index in [0.29, 0.717) is 6.42 Å². The molecule has 0 aliphatic rings. The number of hydrogen-bond donors (Lipinski definition) is 2. The van der Waals surface area contributed by atoms with E-state index in [1.807, 2.05) is 12.2 Å². The average molecular weight is 386 g/mol. The number of alkyl carbamates (subject to hydrolysis) is 1. The number of esters is 1. The van der Waals surface area contributed by atoms with Gasteiger partial charge in [-0.3, -0.25) is 10.1 Å². The zero-order valence-electron chi connectivity index (χ0n) is 14.8. The number of imide groups is 1. The van der Waals surface area contributed by atoms with Crippen molar-refractivity contribution in [3.63, 3.8) is 0 Å². The number of hydrogen-bond acceptors (Lipinski definition) is 7. The van der Waals surface area contributed by atoms with E-state index in [9.17, 15) is 22.8 Å². The number of nitrogens with one attached hydrogen (secondary N) is 2. The predicted octanol–water partition coefficient (Wildman–Crippen LogP) is 1.19. The maximum Gasteiger partial charge on any atom is 0.413 e. The number of carbonyl (C=O) groups is 3. The molecule has 0 aliphatic carbocycles. The third kappa shape index (κ3) is 6.81. The van der Waals surface area contributed by atoms with Crippen LogP contribution >= 0.6 is 0 Å². The number of rotatable bonds is 8. The van der Waals surface area contributed by atoms with Crippen molar-refractivity contribution in [1.29, 1.82) is 0 Å². The van der Waals surface area contributed by atoms with E-state index in [4.69, 9.17) is 4.74 Å². The Morgan fingerprint density at radius 2 is 1.69 bits per heavy atom. The van der Waals surface area contributed by atoms with Gasteiger partial charge in [0, 0.05) is 6.04 Å². The quantitative estimate of drug-likeness (QED) is 0.642. The van der Waals surface area contributed by atoms with Crippen molar-refractivity contribution in [3.05, 3.63) is 29.8 Å². The highest BCUT2D eigenvalue weighted by molar-refractivity contribution is 7.89. The van der Waals surface area contributed by atoms with Crippen LogP contribution in [-0.4, -0.2) is 45.6 Å². The lowest BCUT2D eigenvalue weighted by molar-refractivity contribution is -0.123. The fourth-order valence-electron chi connectivity index (χ4n) is 1.72. The van der Waals surface area contributed by atoms with Crippen molar-refractivity contribution in [2.45, 2.75) is 38.1 Å². The molecule has 1 atom stereocenters. The Balaban J connectivity index is 2.64. The molecule has 0 bridgehead atoms. The van der Waals surface area contributed by atoms with Gasteiger partial charge in [-0.1, -0.05) is 6.92 Å². The van der Waals surface area contributed by atoms with Crippen LogP contribution in [0.1, 0.15) is 37.6 Å². The van der Waals surface area contributed by atoms with Crippen molar-refractivity contribution in [1.82, 2.24) is 10.0 Å². The molecular weight excluding hydrogens is 364 g/mol. The first-order valence-corrected chi connectivity index (χ1v) is 9.44. The lowest BCUT2D eigenvalue weighted by atomic mass is 10.2. The normalized spacial score (nSPS) is 12.1. The first-order valence-electron chi connectivity index (χ1n) is 7.95. The Morgan fingerprint density at radius 3 is 2.23 bits per heavy atom. The van der Waals surface area contributed by atoms with Gasteiger partial charge in [-0.25, -0.2) is 22.7 Å². The summed E-state index contributed by atoms with van der Waals surface area (Å²) < 4.78 is 36.0. The lowest BCUT2D eigenvalue weighted by Crippen LogP contribution is -2.34. The van der Waals surface area contributed by atoms with Crippen molar-refractivity contribution in [3.8, 4) is 0 Å². The van der Waals surface area contributed by atoms with Crippen LogP contribution < -0.4 is 10.0 Å². The van der Waals surface area contributed by atoms with Crippen LogP contribution in [0.2, 0.25) is 0 Å². The van der Waals surface area contributed by atoms with Crippen LogP contribution in [0.3, 0.4) is 0 Å². The van der Waals surface area contributed by atoms with E-state index in [0.717, 1.165) is 0 Å². The standard InChI is InChI=1S/C16H22N2O7S/c1-4-11(3)18-26(22,23)13-8-6-12(7-9-13)15(20)25-10-14(19)17-16(21)24-5-2/h6-9,11,18H,4-5,10H2,1-3H3,(H,17,19,21)/t11-/m0/s1. The number of sulfonamides is 1. The van der Waals surface area contributed by atoms with Crippen LogP contribution in [0.25, 0.3) is 0 Å². The van der Waals surface area contributed by atoms with Crippen LogP contribution in [0.15, 0.2) is 29.2 Å². The van der Waals surface area contributed by atoms with Gasteiger partial charge in [0.25, 0.3) is 5.91 Å². The van der Waals surface area contributed by atoms with E-state index in [1.165, 1.54) is 24.3 Å². The Labute approximate surface area is 152 Å². The minimum absolute atomic E-state index is 0.00871. The Hall–Kier alpha value is -2.46. The molecule has 10 heteroatoms. The van der Waals surface area contributed by atoms with Gasteiger partial charge in [0.05, 0.1) is 17.1 Å². The topological polar surface area (TPSA) is 128 Å². The lowest BCUT2D eigenvalue weighted by Gasteiger charge is -2.12. The third-order valence-corrected chi connectivity index (χ3v) is 4.83. The zero-order valence-corrected chi connectivity index (χ0v) is 15.6. The SMILES string of the molecule is CCOC(=O)NC(=O)COC(=O)c1ccc(S(=O)(=O)N[C@@H](C)CC)cc1. The first-order chi connectivity index (χ1) is 12.2. The maximum absolute atomic E-state index is 12.1. The van der Waals surface area contributed by atoms with E-state index in [-0.39, 0.29) is 23.1 Å². The van der Waals surface area contributed by atoms with Gasteiger partial charge in [-0.05, 0) is 44.5 Å². The molecule has 1 rings (SSSR count). The molecule has 2 N–H and O–H groups in total. The molecule has 1 aromatic carbocycles. The van der Waals surface area contributed by atoms with Gasteiger partial charge in [0.15, 0.2) is 6.61 Å². The Morgan fingerprint density at radius 1 is 1.08 bits per heavy atom. The molecule has 0 unspecified atom stereocenters. The van der Waals surface area contributed by atoms with Gasteiger partial charge < -0.3 is 9.47 Å². The van der Waals surface area contributed by atoms with Gasteiger partial charge in [0.2, 0.25) is 10.0 Å². The minimum atomic E-state index is -3.68. The van der Waals surface area contributed by atoms with Gasteiger partial charge in [-0.2, -0.15) is 0 Å². The molecule has 0 radical (unpaired) electrons. The summed E-state index contributed by atoms with van der Waals surface area (Å²) in [6.07, 6.45) is -0.297. The first kappa shape index (κ1) is 21.6. The summed E-state index contributed by atoms with van der Waals surface area (Å²) in [6.45, 7) is 4.59. The summed E-state index contributed by atoms with van der Waals surface area (Å²) in [5.74, 6) is -1.67. The third-order valence-electron chi connectivity index (χ3n) is 3.22. The molecule has 9 nitrogen and oxygen atoms in total. The van der Waals surface area contributed by atoms with Gasteiger partial charge >= 0.3 is 12.1 Å². The van der Waals surface area contributed by atoms with Gasteiger partial charge in [0.1, 0.15) is 0 Å². The molecular formula is C16H22N2O7S. The summed E-state index contributed by atoms with van der Waals surface area (Å²) >= 11 is 0. The molecule has 0 saturated carbocycles. The molecule has 0 aliphatic heterocycles. The zero-order chi connectivity index (χ0) is 19.7. The van der Waals surface area contributed by atoms with Crippen molar-refractivity contribution in [2.75, 3.05) is 13.2 Å². The summed E-state index contributed by atoms with van der Waals surface area (Å²) in [6, 6.07) is 4.86. The minimum Gasteiger partial charge on any atom is -0.452 e. The highest BCUT2D eigenvalue weighted by atomic mass is 32.2. The number of benzene rings is 1. The Bertz CT molecular complexity index is 744. The molecule has 0 saturated heterocycles. The molecule has 1 aromatic rings. The molecule has 0 aromatic heterocycles. The van der Waals surface area contributed by atoms with Crippen LogP contribution in [0.4, 0.5) is 4.79 Å². The van der Waals surface area contributed by atoms with E-state index >= 15 is 0 Å². The summed E-state index contributed by atoms with van der Waals surface area (Å²) in [5.41, 5.74) is 0.0661. The number of ether oxygens (including phenoxy) is 2. The van der Waals surface area contributed by atoms with Crippen LogP contribution in [-0.2, 0) is 24.3 Å². The predicted molar refractivity (Wildman–Crippen MR) is 92.0 cm³/mol. The number of amides is 2. The summed E-state index contributed by atoms with van der Waals surface area (Å²) in [5, 5.41) is 1.88. The largest absolute Gasteiger partial charge is 0.452 e. The van der Waals surface area contributed by atoms with Crippen LogP contribution in [0.5, 0.6) is 0 Å². The molecule has 0 heterocycles. The fourth-order valence-corrected chi connectivity index (χ4v) is 3.04. The fraction of sp³-hybridized carbons (Fsp3) is 0.438. The van der Waals surface area contributed by atoms with Crippen molar-refractivity contribution >= 4 is 28.0 Å². The monoisotopic (exact) mass is 386 g/mol. The molecule has 0 spiro atoms. The summed E-state index contributed by atoms with van der Waals surface area (Å²) in [7, 11) is -3.68. The summed E-state index contributed by atoms with van der Waals surface area (Å²) in [4.78, 5) is 34.3. The second-order valence-corrected chi connectivity index (χ2v) is 7.01. The smallest absolute Gasteiger partial charge is 0.413 e. The molecule has 2 amide bonds. The van der Waals surface area contributed by atoms with Gasteiger partial charge in [-0.15, -0.1) is 0 Å². The second kappa shape index (κ2) is 9.88. The Kier molecular flexibility index (Phi) is 8.20. The molecule has 26 heavy (non-hydrogen) atoms.